The van der Waals surface area contributed by atoms with Crippen molar-refractivity contribution < 1.29 is 14.0 Å². The first-order chi connectivity index (χ1) is 6.65. The van der Waals surface area contributed by atoms with Crippen LogP contribution in [0.15, 0.2) is 6.07 Å². The van der Waals surface area contributed by atoms with E-state index in [0.29, 0.717) is 17.1 Å². The Morgan fingerprint density at radius 2 is 2.00 bits per heavy atom. The average Bonchev–Trinajstić information content (AvgIpc) is 2.20. The molecule has 0 fully saturated rings. The highest BCUT2D eigenvalue weighted by atomic mass is 28.2. The molecular weight excluding hydrogens is 196 g/mol. The number of rotatable bonds is 3. The number of aryl methyl sites for hydroxylation is 1. The topological polar surface area (TPSA) is 35.5 Å². The van der Waals surface area contributed by atoms with Crippen LogP contribution in [0.3, 0.4) is 0 Å². The van der Waals surface area contributed by atoms with Gasteiger partial charge in [-0.2, -0.15) is 0 Å². The summed E-state index contributed by atoms with van der Waals surface area (Å²) in [7, 11) is 4.46. The van der Waals surface area contributed by atoms with Crippen LogP contribution in [-0.2, 0) is 0 Å². The predicted molar refractivity (Wildman–Crippen MR) is 54.2 cm³/mol. The number of ether oxygens (including phenoxy) is 1. The standard InChI is InChI=1S/C10H11O3Si/c1-6-4-8(5-11)10(12-3)9(13-14)7(6)2/h4-5H,1-3H3. The van der Waals surface area contributed by atoms with Crippen LogP contribution in [-0.4, -0.2) is 23.9 Å². The third-order valence-corrected chi connectivity index (χ3v) is 2.41. The fourth-order valence-electron chi connectivity index (χ4n) is 1.31. The lowest BCUT2D eigenvalue weighted by Gasteiger charge is -2.14. The van der Waals surface area contributed by atoms with E-state index in [0.717, 1.165) is 17.4 Å². The zero-order chi connectivity index (χ0) is 10.7. The minimum atomic E-state index is 0.457. The quantitative estimate of drug-likeness (QED) is 0.557. The van der Waals surface area contributed by atoms with Crippen LogP contribution in [0.5, 0.6) is 11.5 Å². The van der Waals surface area contributed by atoms with E-state index < -0.39 is 0 Å². The van der Waals surface area contributed by atoms with Gasteiger partial charge in [0.1, 0.15) is 5.75 Å². The number of aldehydes is 1. The number of hydrogen-bond donors (Lipinski definition) is 0. The summed E-state index contributed by atoms with van der Waals surface area (Å²) >= 11 is 0. The highest BCUT2D eigenvalue weighted by Crippen LogP contribution is 2.35. The van der Waals surface area contributed by atoms with Crippen molar-refractivity contribution >= 4 is 16.8 Å². The fourth-order valence-corrected chi connectivity index (χ4v) is 1.55. The van der Waals surface area contributed by atoms with Crippen molar-refractivity contribution in [3.63, 3.8) is 0 Å². The molecule has 14 heavy (non-hydrogen) atoms. The van der Waals surface area contributed by atoms with Gasteiger partial charge >= 0.3 is 10.5 Å². The molecule has 0 atom stereocenters. The molecule has 0 aliphatic rings. The number of carbonyl (C=O) groups is 1. The van der Waals surface area contributed by atoms with E-state index in [4.69, 9.17) is 9.16 Å². The minimum absolute atomic E-state index is 0.457. The first-order valence-electron chi connectivity index (χ1n) is 4.12. The van der Waals surface area contributed by atoms with Gasteiger partial charge in [-0.05, 0) is 31.0 Å². The molecule has 73 valence electrons. The van der Waals surface area contributed by atoms with Crippen molar-refractivity contribution in [2.45, 2.75) is 13.8 Å². The number of methoxy groups -OCH3 is 1. The van der Waals surface area contributed by atoms with E-state index in [1.807, 2.05) is 13.8 Å². The Hall–Kier alpha value is -1.29. The van der Waals surface area contributed by atoms with Gasteiger partial charge in [-0.15, -0.1) is 0 Å². The van der Waals surface area contributed by atoms with Gasteiger partial charge in [0.05, 0.1) is 12.7 Å². The van der Waals surface area contributed by atoms with E-state index >= 15 is 0 Å². The summed E-state index contributed by atoms with van der Waals surface area (Å²) in [5.74, 6) is 1.00. The second-order valence-corrected chi connectivity index (χ2v) is 3.19. The maximum atomic E-state index is 10.8. The monoisotopic (exact) mass is 207 g/mol. The van der Waals surface area contributed by atoms with E-state index in [1.165, 1.54) is 7.11 Å². The van der Waals surface area contributed by atoms with Gasteiger partial charge in [0.25, 0.3) is 0 Å². The molecule has 0 saturated heterocycles. The van der Waals surface area contributed by atoms with Crippen LogP contribution in [0.4, 0.5) is 0 Å². The third-order valence-electron chi connectivity index (χ3n) is 2.21. The molecular formula is C10H11O3Si. The van der Waals surface area contributed by atoms with Crippen molar-refractivity contribution in [2.24, 2.45) is 0 Å². The molecule has 0 bridgehead atoms. The Labute approximate surface area is 86.6 Å². The molecule has 0 amide bonds. The van der Waals surface area contributed by atoms with Crippen molar-refractivity contribution in [1.82, 2.24) is 0 Å². The highest BCUT2D eigenvalue weighted by Gasteiger charge is 2.14. The maximum Gasteiger partial charge on any atom is 0.341 e. The predicted octanol–water partition coefficient (Wildman–Crippen LogP) is 1.59. The molecule has 0 spiro atoms. The summed E-state index contributed by atoms with van der Waals surface area (Å²) in [6.45, 7) is 3.82. The summed E-state index contributed by atoms with van der Waals surface area (Å²) in [5.41, 5.74) is 2.42. The van der Waals surface area contributed by atoms with Crippen LogP contribution in [0.25, 0.3) is 0 Å². The van der Waals surface area contributed by atoms with Crippen LogP contribution in [0.1, 0.15) is 21.5 Å². The molecule has 4 heteroatoms. The molecule has 1 aromatic carbocycles. The smallest absolute Gasteiger partial charge is 0.341 e. The fraction of sp³-hybridized carbons (Fsp3) is 0.300. The van der Waals surface area contributed by atoms with Gasteiger partial charge in [0.2, 0.25) is 0 Å². The first kappa shape index (κ1) is 10.8. The Kier molecular flexibility index (Phi) is 3.30. The SMILES string of the molecule is COc1c(C=O)cc(C)c(C)c1O[Si]. The number of carbonyl (C=O) groups excluding carboxylic acids is 1. The zero-order valence-electron chi connectivity index (χ0n) is 8.38. The molecule has 3 radical (unpaired) electrons. The summed E-state index contributed by atoms with van der Waals surface area (Å²) in [4.78, 5) is 10.8. The molecule has 3 nitrogen and oxygen atoms in total. The average molecular weight is 207 g/mol. The lowest BCUT2D eigenvalue weighted by Crippen LogP contribution is -2.00. The molecule has 0 unspecified atom stereocenters. The van der Waals surface area contributed by atoms with Gasteiger partial charge in [0.15, 0.2) is 12.0 Å². The van der Waals surface area contributed by atoms with E-state index in [1.54, 1.807) is 6.07 Å². The van der Waals surface area contributed by atoms with Crippen molar-refractivity contribution in [3.8, 4) is 11.5 Å². The molecule has 0 N–H and O–H groups in total. The Balaban J connectivity index is 3.49. The van der Waals surface area contributed by atoms with E-state index in [2.05, 4.69) is 10.5 Å². The highest BCUT2D eigenvalue weighted by molar-refractivity contribution is 6.01. The van der Waals surface area contributed by atoms with Crippen LogP contribution >= 0.6 is 0 Å². The summed E-state index contributed by atoms with van der Waals surface area (Å²) in [6, 6.07) is 1.77. The maximum absolute atomic E-state index is 10.8. The zero-order valence-corrected chi connectivity index (χ0v) is 9.38. The largest absolute Gasteiger partial charge is 0.538 e. The van der Waals surface area contributed by atoms with Crippen LogP contribution in [0, 0.1) is 13.8 Å². The van der Waals surface area contributed by atoms with Crippen molar-refractivity contribution in [2.75, 3.05) is 7.11 Å². The number of hydrogen-bond acceptors (Lipinski definition) is 3. The Bertz CT molecular complexity index is 361. The first-order valence-corrected chi connectivity index (χ1v) is 4.53. The van der Waals surface area contributed by atoms with Crippen LogP contribution < -0.4 is 9.16 Å². The summed E-state index contributed by atoms with van der Waals surface area (Å²) in [5, 5.41) is 0. The minimum Gasteiger partial charge on any atom is -0.538 e. The van der Waals surface area contributed by atoms with Gasteiger partial charge in [0, 0.05) is 0 Å². The van der Waals surface area contributed by atoms with Gasteiger partial charge in [-0.25, -0.2) is 0 Å². The summed E-state index contributed by atoms with van der Waals surface area (Å²) < 4.78 is 10.1. The lowest BCUT2D eigenvalue weighted by molar-refractivity contribution is 0.112. The summed E-state index contributed by atoms with van der Waals surface area (Å²) in [6.07, 6.45) is 0.750. The lowest BCUT2D eigenvalue weighted by atomic mass is 10.0. The third kappa shape index (κ3) is 1.65. The van der Waals surface area contributed by atoms with Gasteiger partial charge in [-0.1, -0.05) is 0 Å². The second kappa shape index (κ2) is 4.28. The van der Waals surface area contributed by atoms with Crippen LogP contribution in [0.2, 0.25) is 0 Å². The Morgan fingerprint density at radius 1 is 1.36 bits per heavy atom. The molecule has 0 heterocycles. The molecule has 0 aromatic heterocycles. The molecule has 1 aromatic rings. The molecule has 1 rings (SSSR count). The normalized spacial score (nSPS) is 9.71. The van der Waals surface area contributed by atoms with Crippen molar-refractivity contribution in [3.05, 3.63) is 22.8 Å². The number of benzene rings is 1. The van der Waals surface area contributed by atoms with Crippen molar-refractivity contribution in [1.29, 1.82) is 0 Å². The van der Waals surface area contributed by atoms with E-state index in [9.17, 15) is 4.79 Å². The van der Waals surface area contributed by atoms with Gasteiger partial charge in [-0.3, -0.25) is 4.79 Å². The second-order valence-electron chi connectivity index (χ2n) is 2.99. The molecule has 0 aliphatic carbocycles. The van der Waals surface area contributed by atoms with Gasteiger partial charge < -0.3 is 9.16 Å². The van der Waals surface area contributed by atoms with E-state index in [-0.39, 0.29) is 0 Å². The molecule has 0 aliphatic heterocycles. The molecule has 0 saturated carbocycles. The Morgan fingerprint density at radius 3 is 2.43 bits per heavy atom.